The molecule has 1 rings (SSSR count). The van der Waals surface area contributed by atoms with Crippen LogP contribution < -0.4 is 5.32 Å². The fraction of sp³-hybridized carbons (Fsp3) is 0.818. The van der Waals surface area contributed by atoms with Crippen LogP contribution in [0.5, 0.6) is 0 Å². The van der Waals surface area contributed by atoms with Gasteiger partial charge in [-0.15, -0.1) is 0 Å². The minimum absolute atomic E-state index is 0.398. The van der Waals surface area contributed by atoms with Crippen molar-refractivity contribution in [2.45, 2.75) is 51.8 Å². The van der Waals surface area contributed by atoms with E-state index in [1.807, 2.05) is 0 Å². The molecule has 2 N–H and O–H groups in total. The topological polar surface area (TPSA) is 32.3 Å². The third-order valence-corrected chi connectivity index (χ3v) is 2.85. The van der Waals surface area contributed by atoms with Crippen LogP contribution in [-0.4, -0.2) is 17.4 Å². The molecular formula is C11H21NO. The fourth-order valence-electron chi connectivity index (χ4n) is 2.23. The molecular weight excluding hydrogens is 162 g/mol. The highest BCUT2D eigenvalue weighted by molar-refractivity contribution is 5.03. The Morgan fingerprint density at radius 3 is 2.62 bits per heavy atom. The molecule has 1 aliphatic rings. The van der Waals surface area contributed by atoms with Crippen molar-refractivity contribution in [3.8, 4) is 0 Å². The molecule has 0 aromatic rings. The number of aliphatic hydroxyl groups excluding tert-OH is 1. The largest absolute Gasteiger partial charge is 0.379 e. The summed E-state index contributed by atoms with van der Waals surface area (Å²) < 4.78 is 0. The predicted octanol–water partition coefficient (Wildman–Crippen LogP) is 2.05. The molecule has 0 radical (unpaired) electrons. The zero-order chi connectivity index (χ0) is 9.84. The maximum Gasteiger partial charge on any atom is 0.102 e. The highest BCUT2D eigenvalue weighted by Gasteiger charge is 2.25. The Bertz CT molecular complexity index is 177. The number of nitrogens with one attached hydrogen (secondary N) is 1. The molecule has 0 spiro atoms. The first-order valence-corrected chi connectivity index (χ1v) is 5.20. The molecule has 0 heterocycles. The van der Waals surface area contributed by atoms with E-state index in [1.54, 1.807) is 6.92 Å². The maximum absolute atomic E-state index is 9.26. The van der Waals surface area contributed by atoms with Crippen LogP contribution in [0.3, 0.4) is 0 Å². The van der Waals surface area contributed by atoms with Gasteiger partial charge in [-0.3, -0.25) is 5.32 Å². The minimum atomic E-state index is -0.398. The molecule has 0 aromatic heterocycles. The van der Waals surface area contributed by atoms with Crippen LogP contribution in [0.25, 0.3) is 0 Å². The molecule has 0 amide bonds. The Kier molecular flexibility index (Phi) is 3.94. The van der Waals surface area contributed by atoms with Crippen molar-refractivity contribution in [2.24, 2.45) is 5.92 Å². The number of hydrogen-bond acceptors (Lipinski definition) is 2. The molecule has 3 atom stereocenters. The van der Waals surface area contributed by atoms with Gasteiger partial charge in [-0.25, -0.2) is 0 Å². The van der Waals surface area contributed by atoms with Crippen molar-refractivity contribution < 1.29 is 5.11 Å². The second-order valence-electron chi connectivity index (χ2n) is 4.19. The molecule has 0 saturated heterocycles. The molecule has 0 aliphatic heterocycles. The molecule has 76 valence electrons. The SMILES string of the molecule is C=C(C)C1CCCCC1NC(C)O. The van der Waals surface area contributed by atoms with Gasteiger partial charge in [0.2, 0.25) is 0 Å². The monoisotopic (exact) mass is 183 g/mol. The first-order valence-electron chi connectivity index (χ1n) is 5.20. The van der Waals surface area contributed by atoms with Gasteiger partial charge in [0.05, 0.1) is 0 Å². The average molecular weight is 183 g/mol. The zero-order valence-electron chi connectivity index (χ0n) is 8.71. The Hall–Kier alpha value is -0.340. The van der Waals surface area contributed by atoms with E-state index in [4.69, 9.17) is 0 Å². The van der Waals surface area contributed by atoms with Crippen LogP contribution in [0.1, 0.15) is 39.5 Å². The van der Waals surface area contributed by atoms with Crippen LogP contribution >= 0.6 is 0 Å². The van der Waals surface area contributed by atoms with E-state index >= 15 is 0 Å². The normalized spacial score (nSPS) is 31.3. The second kappa shape index (κ2) is 4.77. The standard InChI is InChI=1S/C11H21NO/c1-8(2)10-6-4-5-7-11(10)12-9(3)13/h9-13H,1,4-7H2,2-3H3. The van der Waals surface area contributed by atoms with Gasteiger partial charge in [0.25, 0.3) is 0 Å². The van der Waals surface area contributed by atoms with Gasteiger partial charge in [0, 0.05) is 6.04 Å². The number of rotatable bonds is 3. The lowest BCUT2D eigenvalue weighted by atomic mass is 9.80. The Morgan fingerprint density at radius 1 is 1.46 bits per heavy atom. The Balaban J connectivity index is 2.51. The summed E-state index contributed by atoms with van der Waals surface area (Å²) in [6.45, 7) is 7.89. The minimum Gasteiger partial charge on any atom is -0.379 e. The van der Waals surface area contributed by atoms with E-state index in [9.17, 15) is 5.11 Å². The molecule has 2 heteroatoms. The lowest BCUT2D eigenvalue weighted by Gasteiger charge is -2.33. The van der Waals surface area contributed by atoms with Crippen molar-refractivity contribution in [3.05, 3.63) is 12.2 Å². The van der Waals surface area contributed by atoms with E-state index in [1.165, 1.54) is 31.3 Å². The van der Waals surface area contributed by atoms with Gasteiger partial charge >= 0.3 is 0 Å². The molecule has 13 heavy (non-hydrogen) atoms. The summed E-state index contributed by atoms with van der Waals surface area (Å²) >= 11 is 0. The summed E-state index contributed by atoms with van der Waals surface area (Å²) in [5.74, 6) is 0.559. The average Bonchev–Trinajstić information content (AvgIpc) is 2.03. The molecule has 1 saturated carbocycles. The molecule has 2 nitrogen and oxygen atoms in total. The summed E-state index contributed by atoms with van der Waals surface area (Å²) in [7, 11) is 0. The summed E-state index contributed by atoms with van der Waals surface area (Å²) in [4.78, 5) is 0. The smallest absolute Gasteiger partial charge is 0.102 e. The zero-order valence-corrected chi connectivity index (χ0v) is 8.71. The van der Waals surface area contributed by atoms with Crippen molar-refractivity contribution in [2.75, 3.05) is 0 Å². The van der Waals surface area contributed by atoms with E-state index in [-0.39, 0.29) is 0 Å². The second-order valence-corrected chi connectivity index (χ2v) is 4.19. The van der Waals surface area contributed by atoms with Crippen molar-refractivity contribution in [1.29, 1.82) is 0 Å². The molecule has 3 unspecified atom stereocenters. The van der Waals surface area contributed by atoms with Crippen LogP contribution in [-0.2, 0) is 0 Å². The summed E-state index contributed by atoms with van der Waals surface area (Å²) in [5, 5.41) is 12.5. The quantitative estimate of drug-likeness (QED) is 0.518. The van der Waals surface area contributed by atoms with Gasteiger partial charge in [-0.05, 0) is 32.6 Å². The van der Waals surface area contributed by atoms with E-state index in [0.717, 1.165) is 0 Å². The summed E-state index contributed by atoms with van der Waals surface area (Å²) in [6, 6.07) is 0.436. The van der Waals surface area contributed by atoms with E-state index in [2.05, 4.69) is 18.8 Å². The fourth-order valence-corrected chi connectivity index (χ4v) is 2.23. The van der Waals surface area contributed by atoms with Crippen molar-refractivity contribution in [1.82, 2.24) is 5.32 Å². The van der Waals surface area contributed by atoms with Gasteiger partial charge in [-0.1, -0.05) is 25.0 Å². The maximum atomic E-state index is 9.26. The molecule has 0 aromatic carbocycles. The number of hydrogen-bond donors (Lipinski definition) is 2. The Morgan fingerprint density at radius 2 is 2.08 bits per heavy atom. The molecule has 1 aliphatic carbocycles. The predicted molar refractivity (Wildman–Crippen MR) is 55.4 cm³/mol. The summed E-state index contributed by atoms with van der Waals surface area (Å²) in [6.07, 6.45) is 4.57. The first kappa shape index (κ1) is 10.7. The lowest BCUT2D eigenvalue weighted by Crippen LogP contribution is -2.43. The van der Waals surface area contributed by atoms with Crippen LogP contribution in [0.2, 0.25) is 0 Å². The molecule has 0 bridgehead atoms. The van der Waals surface area contributed by atoms with Crippen molar-refractivity contribution >= 4 is 0 Å². The highest BCUT2D eigenvalue weighted by atomic mass is 16.3. The van der Waals surface area contributed by atoms with E-state index in [0.29, 0.717) is 12.0 Å². The first-order chi connectivity index (χ1) is 6.11. The Labute approximate surface area is 81.0 Å². The van der Waals surface area contributed by atoms with Gasteiger partial charge in [-0.2, -0.15) is 0 Å². The van der Waals surface area contributed by atoms with Crippen LogP contribution in [0.15, 0.2) is 12.2 Å². The third kappa shape index (κ3) is 3.12. The van der Waals surface area contributed by atoms with Gasteiger partial charge in [0.1, 0.15) is 6.23 Å². The highest BCUT2D eigenvalue weighted by Crippen LogP contribution is 2.29. The van der Waals surface area contributed by atoms with Gasteiger partial charge < -0.3 is 5.11 Å². The van der Waals surface area contributed by atoms with E-state index < -0.39 is 6.23 Å². The van der Waals surface area contributed by atoms with Crippen LogP contribution in [0, 0.1) is 5.92 Å². The molecule has 1 fully saturated rings. The summed E-state index contributed by atoms with van der Waals surface area (Å²) in [5.41, 5.74) is 1.25. The van der Waals surface area contributed by atoms with Crippen LogP contribution in [0.4, 0.5) is 0 Å². The van der Waals surface area contributed by atoms with Crippen molar-refractivity contribution in [3.63, 3.8) is 0 Å². The number of aliphatic hydroxyl groups is 1. The van der Waals surface area contributed by atoms with Gasteiger partial charge in [0.15, 0.2) is 0 Å². The third-order valence-electron chi connectivity index (χ3n) is 2.85. The lowest BCUT2D eigenvalue weighted by molar-refractivity contribution is 0.117.